The van der Waals surface area contributed by atoms with Crippen LogP contribution in [0, 0.1) is 5.41 Å². The highest BCUT2D eigenvalue weighted by atomic mass is 35.5. The van der Waals surface area contributed by atoms with Gasteiger partial charge in [0.05, 0.1) is 12.9 Å². The molecule has 1 amide bonds. The van der Waals surface area contributed by atoms with Gasteiger partial charge in [-0.25, -0.2) is 4.39 Å². The van der Waals surface area contributed by atoms with E-state index in [1.807, 2.05) is 58.4 Å². The molecular formula is C29H47ClFN5O3. The van der Waals surface area contributed by atoms with Crippen LogP contribution in [0.15, 0.2) is 77.0 Å². The highest BCUT2D eigenvalue weighted by molar-refractivity contribution is 6.25. The first-order valence-electron chi connectivity index (χ1n) is 12.7. The summed E-state index contributed by atoms with van der Waals surface area (Å²) in [6, 6.07) is 10.1. The number of primary amides is 1. The van der Waals surface area contributed by atoms with Crippen LogP contribution in [0.25, 0.3) is 0 Å². The summed E-state index contributed by atoms with van der Waals surface area (Å²) >= 11 is 5.84. The van der Waals surface area contributed by atoms with Crippen LogP contribution in [-0.4, -0.2) is 60.1 Å². The molecule has 0 saturated carbocycles. The number of halogens is 2. The van der Waals surface area contributed by atoms with Crippen LogP contribution in [0.5, 0.6) is 0 Å². The van der Waals surface area contributed by atoms with Crippen molar-refractivity contribution in [2.45, 2.75) is 33.6 Å². The molecule has 220 valence electrons. The van der Waals surface area contributed by atoms with Crippen LogP contribution >= 0.6 is 11.6 Å². The summed E-state index contributed by atoms with van der Waals surface area (Å²) in [6.07, 6.45) is 5.98. The maximum Gasteiger partial charge on any atom is 0.204 e. The zero-order chi connectivity index (χ0) is 29.9. The third kappa shape index (κ3) is 19.6. The molecule has 10 heteroatoms. The number of nitrogens with two attached hydrogens (primary N) is 1. The largest absolute Gasteiger partial charge is 0.493 e. The van der Waals surface area contributed by atoms with Crippen molar-refractivity contribution >= 4 is 30.0 Å². The molecule has 0 spiro atoms. The summed E-state index contributed by atoms with van der Waals surface area (Å²) in [6.45, 7) is 8.44. The quantitative estimate of drug-likeness (QED) is 0.0855. The zero-order valence-corrected chi connectivity index (χ0v) is 24.9. The number of para-hydroxylation sites is 1. The van der Waals surface area contributed by atoms with E-state index >= 15 is 0 Å². The Morgan fingerprint density at radius 3 is 2.23 bits per heavy atom. The Hall–Kier alpha value is -3.14. The highest BCUT2D eigenvalue weighted by Gasteiger charge is 2.21. The number of rotatable bonds is 16. The molecule has 0 aliphatic carbocycles. The Morgan fingerprint density at radius 2 is 1.79 bits per heavy atom. The summed E-state index contributed by atoms with van der Waals surface area (Å²) in [5.41, 5.74) is 8.99. The van der Waals surface area contributed by atoms with Gasteiger partial charge in [0.2, 0.25) is 6.41 Å². The van der Waals surface area contributed by atoms with Gasteiger partial charge < -0.3 is 31.7 Å². The molecule has 39 heavy (non-hydrogen) atoms. The summed E-state index contributed by atoms with van der Waals surface area (Å²) in [7, 11) is 5.63. The molecule has 0 fully saturated rings. The first kappa shape index (κ1) is 38.0. The van der Waals surface area contributed by atoms with Crippen molar-refractivity contribution in [2.75, 3.05) is 52.7 Å². The molecule has 0 bridgehead atoms. The van der Waals surface area contributed by atoms with Crippen LogP contribution in [0.4, 0.5) is 10.1 Å². The van der Waals surface area contributed by atoms with Gasteiger partial charge in [-0.05, 0) is 50.4 Å². The number of hydrogen-bond donors (Lipinski definition) is 5. The second-order valence-corrected chi connectivity index (χ2v) is 9.06. The molecule has 8 nitrogen and oxygen atoms in total. The van der Waals surface area contributed by atoms with E-state index in [1.165, 1.54) is 11.6 Å². The van der Waals surface area contributed by atoms with E-state index in [-0.39, 0.29) is 11.8 Å². The van der Waals surface area contributed by atoms with Crippen molar-refractivity contribution in [1.29, 1.82) is 0 Å². The third-order valence-corrected chi connectivity index (χ3v) is 5.39. The maximum absolute atomic E-state index is 12.4. The summed E-state index contributed by atoms with van der Waals surface area (Å²) in [5.74, 6) is 0.505. The van der Waals surface area contributed by atoms with E-state index in [9.17, 15) is 9.18 Å². The summed E-state index contributed by atoms with van der Waals surface area (Å²) in [4.78, 5) is 20.2. The molecular weight excluding hydrogens is 521 g/mol. The van der Waals surface area contributed by atoms with Gasteiger partial charge in [0.15, 0.2) is 0 Å². The van der Waals surface area contributed by atoms with Gasteiger partial charge in [-0.15, -0.1) is 0 Å². The van der Waals surface area contributed by atoms with E-state index in [4.69, 9.17) is 21.1 Å². The number of carbonyl (C=O) groups excluding carboxylic acids is 2. The molecule has 0 aliphatic rings. The molecule has 0 atom stereocenters. The summed E-state index contributed by atoms with van der Waals surface area (Å²) < 4.78 is 17.9. The number of ether oxygens (including phenoxy) is 1. The fourth-order valence-electron chi connectivity index (χ4n) is 3.36. The number of hydrogen-bond acceptors (Lipinski definition) is 7. The van der Waals surface area contributed by atoms with Gasteiger partial charge in [-0.3, -0.25) is 9.59 Å². The molecule has 0 aliphatic heterocycles. The van der Waals surface area contributed by atoms with Crippen LogP contribution in [-0.2, 0) is 14.3 Å². The molecule has 0 heterocycles. The topological polar surface area (TPSA) is 118 Å². The Bertz CT molecular complexity index is 903. The number of anilines is 1. The van der Waals surface area contributed by atoms with Crippen molar-refractivity contribution in [3.63, 3.8) is 0 Å². The van der Waals surface area contributed by atoms with Gasteiger partial charge in [0.1, 0.15) is 12.0 Å². The van der Waals surface area contributed by atoms with Crippen LogP contribution < -0.4 is 27.0 Å². The molecule has 0 unspecified atom stereocenters. The minimum absolute atomic E-state index is 0.157. The van der Waals surface area contributed by atoms with Gasteiger partial charge in [-0.2, -0.15) is 0 Å². The Labute approximate surface area is 239 Å². The van der Waals surface area contributed by atoms with Crippen molar-refractivity contribution < 1.29 is 18.7 Å². The number of amides is 1. The Morgan fingerprint density at radius 1 is 1.15 bits per heavy atom. The molecule has 0 radical (unpaired) electrons. The smallest absolute Gasteiger partial charge is 0.204 e. The van der Waals surface area contributed by atoms with Crippen LogP contribution in [0.3, 0.4) is 0 Å². The first-order valence-corrected chi connectivity index (χ1v) is 13.1. The van der Waals surface area contributed by atoms with E-state index < -0.39 is 0 Å². The van der Waals surface area contributed by atoms with Crippen molar-refractivity contribution in [2.24, 2.45) is 11.1 Å². The number of nitrogens with one attached hydrogen (secondary N) is 4. The minimum Gasteiger partial charge on any atom is -0.493 e. The number of aldehydes is 1. The average Bonchev–Trinajstić information content (AvgIpc) is 2.94. The lowest BCUT2D eigenvalue weighted by atomic mass is 9.84. The lowest BCUT2D eigenvalue weighted by Crippen LogP contribution is -2.32. The van der Waals surface area contributed by atoms with Crippen molar-refractivity contribution in [3.05, 3.63) is 77.0 Å². The van der Waals surface area contributed by atoms with E-state index in [0.29, 0.717) is 38.2 Å². The molecule has 1 aromatic rings. The Balaban J connectivity index is 0. The zero-order valence-electron chi connectivity index (χ0n) is 24.2. The second-order valence-electron chi connectivity index (χ2n) is 8.84. The van der Waals surface area contributed by atoms with Gasteiger partial charge in [-0.1, -0.05) is 49.7 Å². The lowest BCUT2D eigenvalue weighted by Gasteiger charge is -2.27. The lowest BCUT2D eigenvalue weighted by molar-refractivity contribution is -0.107. The van der Waals surface area contributed by atoms with Gasteiger partial charge >= 0.3 is 0 Å². The normalized spacial score (nSPS) is 12.3. The van der Waals surface area contributed by atoms with Gasteiger partial charge in [0.25, 0.3) is 0 Å². The predicted molar refractivity (Wildman–Crippen MR) is 162 cm³/mol. The third-order valence-electron chi connectivity index (χ3n) is 5.19. The van der Waals surface area contributed by atoms with Crippen LogP contribution in [0.1, 0.15) is 33.6 Å². The SMILES string of the molecule is CCOC(=C/Cl)/C(=C\C=C\F)CNCC(C)(C)C/C(C=O)=C(\CCNC)NC.CNc1ccccc1.NC=O. The predicted octanol–water partition coefficient (Wildman–Crippen LogP) is 4.63. The number of allylic oxidation sites excluding steroid dienone is 3. The number of benzene rings is 1. The molecule has 1 aromatic carbocycles. The van der Waals surface area contributed by atoms with E-state index in [2.05, 4.69) is 40.8 Å². The highest BCUT2D eigenvalue weighted by Crippen LogP contribution is 2.26. The van der Waals surface area contributed by atoms with E-state index in [0.717, 1.165) is 41.8 Å². The monoisotopic (exact) mass is 567 g/mol. The average molecular weight is 568 g/mol. The molecule has 1 rings (SSSR count). The standard InChI is InChI=1S/C21H35ClFN3O2.C7H9N.CH3NO/c1-6-28-20(13-22)17(8-7-10-23)14-26-16-21(2,3)12-18(15-27)19(25-5)9-11-24-4;1-8-7-5-3-2-4-6-7;2-1-3/h7-8,10,13,15,24-26H,6,9,11-12,14,16H2,1-5H3;2-6,8H,1H3;1H,(H2,2,3)/b10-7+,17-8-,19-18-,20-13+;;. The number of carbonyl (C=O) groups is 2. The van der Waals surface area contributed by atoms with Crippen molar-refractivity contribution in [1.82, 2.24) is 16.0 Å². The maximum atomic E-state index is 12.4. The molecule has 6 N–H and O–H groups in total. The van der Waals surface area contributed by atoms with Gasteiger partial charge in [0, 0.05) is 61.8 Å². The fraction of sp³-hybridized carbons (Fsp3) is 0.448. The Kier molecular flexibility index (Phi) is 24.5. The van der Waals surface area contributed by atoms with Crippen molar-refractivity contribution in [3.8, 4) is 0 Å². The molecule has 0 aromatic heterocycles. The minimum atomic E-state index is -0.157. The summed E-state index contributed by atoms with van der Waals surface area (Å²) in [5, 5.41) is 12.6. The first-order chi connectivity index (χ1) is 18.7. The fourth-order valence-corrected chi connectivity index (χ4v) is 3.57. The molecule has 0 saturated heterocycles. The second kappa shape index (κ2) is 25.2. The van der Waals surface area contributed by atoms with Crippen LogP contribution in [0.2, 0.25) is 0 Å². The van der Waals surface area contributed by atoms with E-state index in [1.54, 1.807) is 6.08 Å².